The predicted molar refractivity (Wildman–Crippen MR) is 102 cm³/mol. The third-order valence-corrected chi connectivity index (χ3v) is 8.12. The monoisotopic (exact) mass is 332 g/mol. The zero-order chi connectivity index (χ0) is 16.4. The van der Waals surface area contributed by atoms with Crippen LogP contribution in [0.15, 0.2) is 0 Å². The summed E-state index contributed by atoms with van der Waals surface area (Å²) in [5.41, 5.74) is 0.662. The van der Waals surface area contributed by atoms with Gasteiger partial charge in [-0.3, -0.25) is 0 Å². The number of nitrogens with one attached hydrogen (secondary N) is 2. The van der Waals surface area contributed by atoms with E-state index in [0.717, 1.165) is 29.8 Å². The molecule has 0 spiro atoms. The van der Waals surface area contributed by atoms with Gasteiger partial charge in [-0.05, 0) is 81.5 Å². The van der Waals surface area contributed by atoms with Gasteiger partial charge in [-0.2, -0.15) is 0 Å². The molecule has 0 aliphatic heterocycles. The van der Waals surface area contributed by atoms with Crippen LogP contribution < -0.4 is 10.6 Å². The van der Waals surface area contributed by atoms with Crippen LogP contribution in [0.1, 0.15) is 90.4 Å². The molecule has 1 unspecified atom stereocenters. The van der Waals surface area contributed by atoms with Crippen LogP contribution in [-0.2, 0) is 0 Å². The summed E-state index contributed by atoms with van der Waals surface area (Å²) in [6, 6.07) is 1.52. The van der Waals surface area contributed by atoms with E-state index in [9.17, 15) is 0 Å². The average Bonchev–Trinajstić information content (AvgIpc) is 2.51. The van der Waals surface area contributed by atoms with Crippen LogP contribution in [0.25, 0.3) is 0 Å². The molecule has 138 valence electrons. The van der Waals surface area contributed by atoms with E-state index >= 15 is 0 Å². The van der Waals surface area contributed by atoms with Crippen LogP contribution in [0.3, 0.4) is 0 Å². The van der Waals surface area contributed by atoms with Crippen LogP contribution in [0, 0.1) is 23.2 Å². The number of hydrogen-bond acceptors (Lipinski definition) is 2. The lowest BCUT2D eigenvalue weighted by atomic mass is 9.48. The van der Waals surface area contributed by atoms with E-state index in [1.807, 2.05) is 0 Å². The largest absolute Gasteiger partial charge is 0.313 e. The van der Waals surface area contributed by atoms with Gasteiger partial charge in [0.1, 0.15) is 0 Å². The molecule has 0 aromatic carbocycles. The first-order valence-electron chi connectivity index (χ1n) is 11.2. The van der Waals surface area contributed by atoms with Crippen molar-refractivity contribution >= 4 is 0 Å². The summed E-state index contributed by atoms with van der Waals surface area (Å²) in [6.07, 6.45) is 19.4. The van der Waals surface area contributed by atoms with Gasteiger partial charge in [0, 0.05) is 25.2 Å². The van der Waals surface area contributed by atoms with Crippen molar-refractivity contribution in [1.82, 2.24) is 10.6 Å². The van der Waals surface area contributed by atoms with Gasteiger partial charge < -0.3 is 10.6 Å². The molecule has 5 aliphatic rings. The summed E-state index contributed by atoms with van der Waals surface area (Å²) < 4.78 is 0. The molecule has 5 rings (SSSR count). The summed E-state index contributed by atoms with van der Waals surface area (Å²) in [4.78, 5) is 0. The topological polar surface area (TPSA) is 24.1 Å². The minimum Gasteiger partial charge on any atom is -0.313 e. The molecule has 5 aliphatic carbocycles. The third-order valence-electron chi connectivity index (χ3n) is 8.12. The normalized spacial score (nSPS) is 41.1. The second-order valence-corrected chi connectivity index (χ2v) is 9.95. The van der Waals surface area contributed by atoms with Crippen molar-refractivity contribution in [2.45, 2.75) is 102 Å². The summed E-state index contributed by atoms with van der Waals surface area (Å²) >= 11 is 0. The maximum absolute atomic E-state index is 3.94. The molecule has 0 radical (unpaired) electrons. The van der Waals surface area contributed by atoms with Crippen molar-refractivity contribution < 1.29 is 0 Å². The van der Waals surface area contributed by atoms with Gasteiger partial charge in [-0.25, -0.2) is 0 Å². The fourth-order valence-corrected chi connectivity index (χ4v) is 7.15. The first-order valence-corrected chi connectivity index (χ1v) is 11.2. The Morgan fingerprint density at radius 3 is 1.92 bits per heavy atom. The fourth-order valence-electron chi connectivity index (χ4n) is 7.15. The summed E-state index contributed by atoms with van der Waals surface area (Å²) in [7, 11) is 0. The molecule has 0 aromatic rings. The Balaban J connectivity index is 1.20. The Morgan fingerprint density at radius 2 is 1.33 bits per heavy atom. The van der Waals surface area contributed by atoms with Gasteiger partial charge in [-0.1, -0.05) is 32.1 Å². The van der Waals surface area contributed by atoms with Crippen LogP contribution in [0.4, 0.5) is 0 Å². The quantitative estimate of drug-likeness (QED) is 0.677. The Labute approximate surface area is 149 Å². The third kappa shape index (κ3) is 3.85. The lowest BCUT2D eigenvalue weighted by molar-refractivity contribution is -0.0702. The Morgan fingerprint density at radius 1 is 0.792 bits per heavy atom. The molecule has 2 N–H and O–H groups in total. The number of rotatable bonds is 6. The second-order valence-electron chi connectivity index (χ2n) is 9.95. The molecule has 2 heteroatoms. The van der Waals surface area contributed by atoms with Crippen LogP contribution >= 0.6 is 0 Å². The zero-order valence-electron chi connectivity index (χ0n) is 16.0. The molecule has 0 heterocycles. The van der Waals surface area contributed by atoms with Gasteiger partial charge in [0.2, 0.25) is 0 Å². The van der Waals surface area contributed by atoms with Crippen molar-refractivity contribution in [3.05, 3.63) is 0 Å². The maximum Gasteiger partial charge on any atom is 0.00960 e. The molecule has 24 heavy (non-hydrogen) atoms. The highest BCUT2D eigenvalue weighted by Gasteiger charge is 2.52. The zero-order valence-corrected chi connectivity index (χ0v) is 16.0. The van der Waals surface area contributed by atoms with E-state index in [-0.39, 0.29) is 0 Å². The van der Waals surface area contributed by atoms with E-state index in [0.29, 0.717) is 5.41 Å². The minimum absolute atomic E-state index is 0.662. The standard InChI is InChI=1S/C22H40N2/c1-17(22-14-18-11-19(15-22)13-20(12-18)16-22)23-9-10-24-21-7-5-3-2-4-6-8-21/h17-21,23-24H,2-16H2,1H3. The van der Waals surface area contributed by atoms with Gasteiger partial charge in [0.25, 0.3) is 0 Å². The average molecular weight is 333 g/mol. The van der Waals surface area contributed by atoms with Crippen LogP contribution in [-0.4, -0.2) is 25.2 Å². The number of hydrogen-bond donors (Lipinski definition) is 2. The second kappa shape index (κ2) is 7.66. The van der Waals surface area contributed by atoms with E-state index in [1.54, 1.807) is 19.3 Å². The highest BCUT2D eigenvalue weighted by molar-refractivity contribution is 5.05. The molecule has 4 bridgehead atoms. The molecule has 0 aromatic heterocycles. The summed E-state index contributed by atoms with van der Waals surface area (Å²) in [5.74, 6) is 3.23. The van der Waals surface area contributed by atoms with Gasteiger partial charge >= 0.3 is 0 Å². The molecule has 1 atom stereocenters. The Hall–Kier alpha value is -0.0800. The molecule has 5 fully saturated rings. The van der Waals surface area contributed by atoms with Crippen LogP contribution in [0.5, 0.6) is 0 Å². The SMILES string of the molecule is CC(NCCNC1CCCCCCC1)C12CC3CC(CC(C3)C1)C2. The summed E-state index contributed by atoms with van der Waals surface area (Å²) in [6.45, 7) is 4.84. The van der Waals surface area contributed by atoms with Gasteiger partial charge in [0.15, 0.2) is 0 Å². The van der Waals surface area contributed by atoms with Crippen molar-refractivity contribution in [3.8, 4) is 0 Å². The lowest BCUT2D eigenvalue weighted by Crippen LogP contribution is -2.55. The highest BCUT2D eigenvalue weighted by Crippen LogP contribution is 2.61. The minimum atomic E-state index is 0.662. The lowest BCUT2D eigenvalue weighted by Gasteiger charge is -2.59. The van der Waals surface area contributed by atoms with E-state index in [2.05, 4.69) is 17.6 Å². The predicted octanol–water partition coefficient (Wildman–Crippen LogP) is 4.88. The highest BCUT2D eigenvalue weighted by atomic mass is 15.0. The van der Waals surface area contributed by atoms with Crippen molar-refractivity contribution in [1.29, 1.82) is 0 Å². The van der Waals surface area contributed by atoms with E-state index < -0.39 is 0 Å². The Kier molecular flexibility index (Phi) is 5.53. The van der Waals surface area contributed by atoms with Crippen LogP contribution in [0.2, 0.25) is 0 Å². The molecule has 0 saturated heterocycles. The van der Waals surface area contributed by atoms with E-state index in [4.69, 9.17) is 0 Å². The molecule has 0 amide bonds. The van der Waals surface area contributed by atoms with E-state index in [1.165, 1.54) is 77.3 Å². The fraction of sp³-hybridized carbons (Fsp3) is 1.00. The molecular formula is C22H40N2. The van der Waals surface area contributed by atoms with Gasteiger partial charge in [-0.15, -0.1) is 0 Å². The van der Waals surface area contributed by atoms with Crippen molar-refractivity contribution in [2.24, 2.45) is 23.2 Å². The summed E-state index contributed by atoms with van der Waals surface area (Å²) in [5, 5.41) is 7.80. The first kappa shape index (κ1) is 17.3. The van der Waals surface area contributed by atoms with Gasteiger partial charge in [0.05, 0.1) is 0 Å². The molecule has 5 saturated carbocycles. The molecular weight excluding hydrogens is 292 g/mol. The van der Waals surface area contributed by atoms with Crippen molar-refractivity contribution in [3.63, 3.8) is 0 Å². The van der Waals surface area contributed by atoms with Crippen molar-refractivity contribution in [2.75, 3.05) is 13.1 Å². The maximum atomic E-state index is 3.94. The first-order chi connectivity index (χ1) is 11.7. The Bertz CT molecular complexity index is 361. The smallest absolute Gasteiger partial charge is 0.00960 e. The molecule has 2 nitrogen and oxygen atoms in total.